The van der Waals surface area contributed by atoms with Crippen LogP contribution in [0.3, 0.4) is 0 Å². The largest absolute Gasteiger partial charge is 0.481 e. The van der Waals surface area contributed by atoms with Crippen molar-refractivity contribution in [3.05, 3.63) is 35.4 Å². The summed E-state index contributed by atoms with van der Waals surface area (Å²) in [6.07, 6.45) is 0.617. The second-order valence-corrected chi connectivity index (χ2v) is 5.74. The summed E-state index contributed by atoms with van der Waals surface area (Å²) in [5.74, 6) is -0.915. The van der Waals surface area contributed by atoms with Gasteiger partial charge in [-0.2, -0.15) is 0 Å². The van der Waals surface area contributed by atoms with Crippen LogP contribution in [-0.2, 0) is 9.59 Å². The molecule has 1 aromatic carbocycles. The number of carbonyl (C=O) groups is 3. The summed E-state index contributed by atoms with van der Waals surface area (Å²) in [6, 6.07) is 7.48. The Morgan fingerprint density at radius 1 is 1.00 bits per heavy atom. The van der Waals surface area contributed by atoms with Crippen LogP contribution in [0, 0.1) is 6.92 Å². The molecule has 0 saturated carbocycles. The minimum atomic E-state index is -0.883. The summed E-state index contributed by atoms with van der Waals surface area (Å²) in [7, 11) is 0. The molecule has 1 fully saturated rings. The number of aryl methyl sites for hydroxylation is 1. The van der Waals surface area contributed by atoms with Gasteiger partial charge in [-0.3, -0.25) is 14.4 Å². The topological polar surface area (TPSA) is 77.9 Å². The van der Waals surface area contributed by atoms with Crippen molar-refractivity contribution in [2.75, 3.05) is 26.2 Å². The molecule has 2 rings (SSSR count). The second-order valence-electron chi connectivity index (χ2n) is 5.74. The van der Waals surface area contributed by atoms with E-state index in [0.29, 0.717) is 38.2 Å². The number of nitrogens with zero attached hydrogens (tertiary/aromatic N) is 2. The smallest absolute Gasteiger partial charge is 0.303 e. The lowest BCUT2D eigenvalue weighted by molar-refractivity contribution is -0.137. The molecule has 0 unspecified atom stereocenters. The molecule has 0 atom stereocenters. The molecule has 0 aromatic heterocycles. The van der Waals surface area contributed by atoms with Crippen molar-refractivity contribution in [2.45, 2.75) is 26.2 Å². The Labute approximate surface area is 135 Å². The van der Waals surface area contributed by atoms with Gasteiger partial charge < -0.3 is 14.9 Å². The van der Waals surface area contributed by atoms with Crippen LogP contribution in [0.1, 0.15) is 35.2 Å². The number of hydrogen-bond donors (Lipinski definition) is 1. The standard InChI is InChI=1S/C17H22N2O4/c1-13-5-2-3-6-14(13)17(23)19-11-9-18(10-12-19)15(20)7-4-8-16(21)22/h2-3,5-6H,4,7-12H2,1H3,(H,21,22). The predicted molar refractivity (Wildman–Crippen MR) is 85.1 cm³/mol. The summed E-state index contributed by atoms with van der Waals surface area (Å²) in [5, 5.41) is 8.59. The average Bonchev–Trinajstić information content (AvgIpc) is 2.54. The number of aliphatic carboxylic acids is 1. The first-order valence-electron chi connectivity index (χ1n) is 7.83. The van der Waals surface area contributed by atoms with E-state index < -0.39 is 5.97 Å². The van der Waals surface area contributed by atoms with Crippen LogP contribution in [0.25, 0.3) is 0 Å². The number of carboxylic acid groups (broad SMARTS) is 1. The minimum absolute atomic E-state index is 0.000996. The van der Waals surface area contributed by atoms with Gasteiger partial charge in [-0.05, 0) is 25.0 Å². The van der Waals surface area contributed by atoms with Crippen LogP contribution in [0.5, 0.6) is 0 Å². The van der Waals surface area contributed by atoms with Crippen molar-refractivity contribution >= 4 is 17.8 Å². The van der Waals surface area contributed by atoms with Gasteiger partial charge in [0.1, 0.15) is 0 Å². The molecule has 2 amide bonds. The fourth-order valence-corrected chi connectivity index (χ4v) is 2.69. The molecule has 1 saturated heterocycles. The normalized spacial score (nSPS) is 14.7. The predicted octanol–water partition coefficient (Wildman–Crippen LogP) is 1.53. The van der Waals surface area contributed by atoms with Gasteiger partial charge in [0.15, 0.2) is 0 Å². The Balaban J connectivity index is 1.84. The first-order chi connectivity index (χ1) is 11.0. The lowest BCUT2D eigenvalue weighted by Crippen LogP contribution is -2.50. The maximum absolute atomic E-state index is 12.5. The van der Waals surface area contributed by atoms with E-state index in [9.17, 15) is 14.4 Å². The Kier molecular flexibility index (Phi) is 5.73. The number of piperazine rings is 1. The summed E-state index contributed by atoms with van der Waals surface area (Å²) in [4.78, 5) is 38.5. The van der Waals surface area contributed by atoms with Crippen LogP contribution < -0.4 is 0 Å². The van der Waals surface area contributed by atoms with Gasteiger partial charge in [-0.1, -0.05) is 18.2 Å². The lowest BCUT2D eigenvalue weighted by Gasteiger charge is -2.35. The summed E-state index contributed by atoms with van der Waals surface area (Å²) >= 11 is 0. The fraction of sp³-hybridized carbons (Fsp3) is 0.471. The zero-order valence-corrected chi connectivity index (χ0v) is 13.3. The molecule has 6 heteroatoms. The molecular formula is C17H22N2O4. The fourth-order valence-electron chi connectivity index (χ4n) is 2.69. The molecule has 23 heavy (non-hydrogen) atoms. The van der Waals surface area contributed by atoms with Crippen molar-refractivity contribution in [1.29, 1.82) is 0 Å². The molecule has 0 radical (unpaired) electrons. The second kappa shape index (κ2) is 7.76. The van der Waals surface area contributed by atoms with Crippen molar-refractivity contribution < 1.29 is 19.5 Å². The van der Waals surface area contributed by atoms with Crippen molar-refractivity contribution in [1.82, 2.24) is 9.80 Å². The maximum atomic E-state index is 12.5. The molecule has 6 nitrogen and oxygen atoms in total. The van der Waals surface area contributed by atoms with Gasteiger partial charge in [0.25, 0.3) is 5.91 Å². The number of amides is 2. The molecule has 1 aliphatic heterocycles. The van der Waals surface area contributed by atoms with E-state index in [2.05, 4.69) is 0 Å². The number of hydrogen-bond acceptors (Lipinski definition) is 3. The molecule has 1 aromatic rings. The Morgan fingerprint density at radius 3 is 2.22 bits per heavy atom. The first-order valence-corrected chi connectivity index (χ1v) is 7.83. The van der Waals surface area contributed by atoms with Crippen molar-refractivity contribution in [3.63, 3.8) is 0 Å². The van der Waals surface area contributed by atoms with Gasteiger partial charge in [0, 0.05) is 44.6 Å². The van der Waals surface area contributed by atoms with Crippen molar-refractivity contribution in [3.8, 4) is 0 Å². The van der Waals surface area contributed by atoms with Gasteiger partial charge >= 0.3 is 5.97 Å². The highest BCUT2D eigenvalue weighted by Crippen LogP contribution is 2.13. The Bertz CT molecular complexity index is 592. The van der Waals surface area contributed by atoms with Crippen LogP contribution in [0.2, 0.25) is 0 Å². The highest BCUT2D eigenvalue weighted by Gasteiger charge is 2.25. The molecule has 1 aliphatic rings. The van der Waals surface area contributed by atoms with Gasteiger partial charge in [0.2, 0.25) is 5.91 Å². The molecule has 0 spiro atoms. The van der Waals surface area contributed by atoms with Gasteiger partial charge in [-0.25, -0.2) is 0 Å². The Morgan fingerprint density at radius 2 is 1.61 bits per heavy atom. The minimum Gasteiger partial charge on any atom is -0.481 e. The first kappa shape index (κ1) is 17.0. The van der Waals surface area contributed by atoms with Crippen molar-refractivity contribution in [2.24, 2.45) is 0 Å². The monoisotopic (exact) mass is 318 g/mol. The molecule has 0 aliphatic carbocycles. The Hall–Kier alpha value is -2.37. The SMILES string of the molecule is Cc1ccccc1C(=O)N1CCN(C(=O)CCCC(=O)O)CC1. The van der Waals surface area contributed by atoms with E-state index in [0.717, 1.165) is 5.56 Å². The third-order valence-corrected chi connectivity index (χ3v) is 4.08. The van der Waals surface area contributed by atoms with Crippen LogP contribution in [-0.4, -0.2) is 58.9 Å². The van der Waals surface area contributed by atoms with Gasteiger partial charge in [0.05, 0.1) is 0 Å². The average molecular weight is 318 g/mol. The van der Waals surface area contributed by atoms with E-state index in [1.54, 1.807) is 9.80 Å². The zero-order valence-electron chi connectivity index (χ0n) is 13.3. The third-order valence-electron chi connectivity index (χ3n) is 4.08. The lowest BCUT2D eigenvalue weighted by atomic mass is 10.1. The van der Waals surface area contributed by atoms with E-state index in [1.165, 1.54) is 0 Å². The molecular weight excluding hydrogens is 296 g/mol. The molecule has 0 bridgehead atoms. The number of benzene rings is 1. The van der Waals surface area contributed by atoms with Crippen LogP contribution in [0.15, 0.2) is 24.3 Å². The summed E-state index contributed by atoms with van der Waals surface area (Å²) < 4.78 is 0. The number of carbonyl (C=O) groups excluding carboxylic acids is 2. The van der Waals surface area contributed by atoms with Crippen LogP contribution in [0.4, 0.5) is 0 Å². The maximum Gasteiger partial charge on any atom is 0.303 e. The quantitative estimate of drug-likeness (QED) is 0.893. The number of rotatable bonds is 5. The molecule has 1 N–H and O–H groups in total. The van der Waals surface area contributed by atoms with E-state index >= 15 is 0 Å². The van der Waals surface area contributed by atoms with E-state index in [-0.39, 0.29) is 24.7 Å². The van der Waals surface area contributed by atoms with E-state index in [1.807, 2.05) is 31.2 Å². The highest BCUT2D eigenvalue weighted by atomic mass is 16.4. The number of carboxylic acids is 1. The summed E-state index contributed by atoms with van der Waals surface area (Å²) in [5.41, 5.74) is 1.65. The third kappa shape index (κ3) is 4.55. The molecule has 1 heterocycles. The van der Waals surface area contributed by atoms with Crippen LogP contribution >= 0.6 is 0 Å². The van der Waals surface area contributed by atoms with Gasteiger partial charge in [-0.15, -0.1) is 0 Å². The zero-order chi connectivity index (χ0) is 16.8. The summed E-state index contributed by atoms with van der Waals surface area (Å²) in [6.45, 7) is 3.94. The highest BCUT2D eigenvalue weighted by molar-refractivity contribution is 5.95. The van der Waals surface area contributed by atoms with E-state index in [4.69, 9.17) is 5.11 Å². The molecule has 124 valence electrons.